The average molecular weight is 488 g/mol. The molecule has 0 aliphatic heterocycles. The Labute approximate surface area is 207 Å². The Hall–Kier alpha value is -3.62. The van der Waals surface area contributed by atoms with Crippen LogP contribution in [0.2, 0.25) is 0 Å². The summed E-state index contributed by atoms with van der Waals surface area (Å²) in [5.41, 5.74) is 3.02. The topological polar surface area (TPSA) is 90.4 Å². The smallest absolute Gasteiger partial charge is 0.258 e. The van der Waals surface area contributed by atoms with Gasteiger partial charge in [0.25, 0.3) is 5.91 Å². The molecule has 0 bridgehead atoms. The molecule has 35 heavy (non-hydrogen) atoms. The summed E-state index contributed by atoms with van der Waals surface area (Å²) in [6.07, 6.45) is 1.64. The van der Waals surface area contributed by atoms with E-state index < -0.39 is 6.10 Å². The van der Waals surface area contributed by atoms with E-state index in [4.69, 9.17) is 9.47 Å². The number of nitrogens with zero attached hydrogens (tertiary/aromatic N) is 2. The minimum absolute atomic E-state index is 0.219. The van der Waals surface area contributed by atoms with Crippen LogP contribution in [0.15, 0.2) is 60.7 Å². The van der Waals surface area contributed by atoms with E-state index >= 15 is 0 Å². The SMILES string of the molecule is CO[C@@H](C(=O)Nc1ccc(C)c(Oc2ccc3nc(CC(=O)C4CC4)sc3n2)c1)c1ccccc1. The molecule has 8 heteroatoms. The number of rotatable bonds is 9. The Morgan fingerprint density at radius 1 is 1.09 bits per heavy atom. The molecular formula is C27H25N3O4S. The van der Waals surface area contributed by atoms with Gasteiger partial charge in [-0.05, 0) is 43.0 Å². The third kappa shape index (κ3) is 5.39. The van der Waals surface area contributed by atoms with Crippen LogP contribution in [0.4, 0.5) is 5.69 Å². The highest BCUT2D eigenvalue weighted by molar-refractivity contribution is 7.18. The second kappa shape index (κ2) is 9.93. The van der Waals surface area contributed by atoms with Crippen LogP contribution < -0.4 is 10.1 Å². The van der Waals surface area contributed by atoms with Gasteiger partial charge in [-0.3, -0.25) is 9.59 Å². The predicted molar refractivity (Wildman–Crippen MR) is 135 cm³/mol. The lowest BCUT2D eigenvalue weighted by Gasteiger charge is -2.16. The Balaban J connectivity index is 1.31. The second-order valence-corrected chi connectivity index (χ2v) is 9.66. The van der Waals surface area contributed by atoms with Gasteiger partial charge >= 0.3 is 0 Å². The molecule has 1 amide bonds. The number of carbonyl (C=O) groups is 2. The number of hydrogen-bond donors (Lipinski definition) is 1. The molecule has 2 heterocycles. The van der Waals surface area contributed by atoms with Crippen LogP contribution in [0.25, 0.3) is 10.3 Å². The molecule has 4 aromatic rings. The van der Waals surface area contributed by atoms with E-state index in [1.807, 2.05) is 55.5 Å². The number of hydrogen-bond acceptors (Lipinski definition) is 7. The minimum atomic E-state index is -0.724. The minimum Gasteiger partial charge on any atom is -0.439 e. The van der Waals surface area contributed by atoms with Crippen molar-refractivity contribution in [2.75, 3.05) is 12.4 Å². The number of carbonyl (C=O) groups excluding carboxylic acids is 2. The van der Waals surface area contributed by atoms with E-state index in [9.17, 15) is 9.59 Å². The lowest BCUT2D eigenvalue weighted by Crippen LogP contribution is -2.22. The fourth-order valence-corrected chi connectivity index (χ4v) is 4.74. The van der Waals surface area contributed by atoms with Gasteiger partial charge in [0.1, 0.15) is 26.9 Å². The first-order valence-electron chi connectivity index (χ1n) is 11.5. The largest absolute Gasteiger partial charge is 0.439 e. The number of ether oxygens (including phenoxy) is 2. The molecule has 0 spiro atoms. The van der Waals surface area contributed by atoms with E-state index in [1.54, 1.807) is 12.1 Å². The van der Waals surface area contributed by atoms with Gasteiger partial charge in [-0.1, -0.05) is 47.7 Å². The van der Waals surface area contributed by atoms with Crippen molar-refractivity contribution < 1.29 is 19.1 Å². The predicted octanol–water partition coefficient (Wildman–Crippen LogP) is 5.64. The Morgan fingerprint density at radius 2 is 1.89 bits per heavy atom. The van der Waals surface area contributed by atoms with Crippen LogP contribution in [0.5, 0.6) is 11.6 Å². The molecule has 0 radical (unpaired) electrons. The monoisotopic (exact) mass is 487 g/mol. The van der Waals surface area contributed by atoms with Crippen molar-refractivity contribution in [3.8, 4) is 11.6 Å². The van der Waals surface area contributed by atoms with Crippen LogP contribution in [0, 0.1) is 12.8 Å². The third-order valence-electron chi connectivity index (χ3n) is 5.88. The summed E-state index contributed by atoms with van der Waals surface area (Å²) in [4.78, 5) is 34.8. The van der Waals surface area contributed by atoms with E-state index in [1.165, 1.54) is 18.4 Å². The van der Waals surface area contributed by atoms with E-state index in [-0.39, 0.29) is 17.6 Å². The molecular weight excluding hydrogens is 462 g/mol. The molecule has 0 saturated heterocycles. The van der Waals surface area contributed by atoms with Gasteiger partial charge in [-0.25, -0.2) is 9.97 Å². The number of ketones is 1. The number of anilines is 1. The van der Waals surface area contributed by atoms with Crippen molar-refractivity contribution in [3.05, 3.63) is 76.8 Å². The number of nitrogens with one attached hydrogen (secondary N) is 1. The molecule has 0 unspecified atom stereocenters. The zero-order valence-corrected chi connectivity index (χ0v) is 20.3. The summed E-state index contributed by atoms with van der Waals surface area (Å²) >= 11 is 1.42. The first kappa shape index (κ1) is 23.1. The molecule has 7 nitrogen and oxygen atoms in total. The molecule has 1 saturated carbocycles. The zero-order valence-electron chi connectivity index (χ0n) is 19.5. The first-order valence-corrected chi connectivity index (χ1v) is 12.3. The molecule has 5 rings (SSSR count). The first-order chi connectivity index (χ1) is 17.0. The number of amides is 1. The molecule has 1 atom stereocenters. The summed E-state index contributed by atoms with van der Waals surface area (Å²) in [7, 11) is 1.51. The van der Waals surface area contributed by atoms with Crippen molar-refractivity contribution in [2.45, 2.75) is 32.3 Å². The van der Waals surface area contributed by atoms with Gasteiger partial charge in [0.15, 0.2) is 6.10 Å². The number of aryl methyl sites for hydroxylation is 1. The van der Waals surface area contributed by atoms with Gasteiger partial charge in [-0.2, -0.15) is 0 Å². The van der Waals surface area contributed by atoms with Crippen molar-refractivity contribution in [3.63, 3.8) is 0 Å². The fourth-order valence-electron chi connectivity index (χ4n) is 3.81. The van der Waals surface area contributed by atoms with Gasteiger partial charge in [0.05, 0.1) is 6.42 Å². The molecule has 1 aliphatic rings. The molecule has 1 N–H and O–H groups in total. The molecule has 2 aromatic heterocycles. The molecule has 178 valence electrons. The molecule has 1 fully saturated rings. The van der Waals surface area contributed by atoms with Crippen LogP contribution in [-0.4, -0.2) is 28.8 Å². The Bertz CT molecular complexity index is 1380. The van der Waals surface area contributed by atoms with Gasteiger partial charge in [-0.15, -0.1) is 0 Å². The van der Waals surface area contributed by atoms with E-state index in [0.717, 1.165) is 39.3 Å². The van der Waals surface area contributed by atoms with Gasteiger partial charge in [0, 0.05) is 30.8 Å². The number of methoxy groups -OCH3 is 1. The van der Waals surface area contributed by atoms with Crippen molar-refractivity contribution in [1.29, 1.82) is 0 Å². The van der Waals surface area contributed by atoms with Crippen LogP contribution >= 0.6 is 11.3 Å². The van der Waals surface area contributed by atoms with Crippen LogP contribution in [-0.2, 0) is 20.7 Å². The second-order valence-electron chi connectivity index (χ2n) is 8.60. The number of benzene rings is 2. The summed E-state index contributed by atoms with van der Waals surface area (Å²) in [6.45, 7) is 1.93. The maximum atomic E-state index is 12.9. The Kier molecular flexibility index (Phi) is 6.57. The summed E-state index contributed by atoms with van der Waals surface area (Å²) in [5.74, 6) is 1.21. The summed E-state index contributed by atoms with van der Waals surface area (Å²) in [5, 5.41) is 3.69. The highest BCUT2D eigenvalue weighted by atomic mass is 32.1. The average Bonchev–Trinajstić information content (AvgIpc) is 3.63. The van der Waals surface area contributed by atoms with Crippen molar-refractivity contribution in [2.24, 2.45) is 5.92 Å². The summed E-state index contributed by atoms with van der Waals surface area (Å²) < 4.78 is 11.5. The van der Waals surface area contributed by atoms with Crippen molar-refractivity contribution >= 4 is 39.1 Å². The highest BCUT2D eigenvalue weighted by Crippen LogP contribution is 2.33. The van der Waals surface area contributed by atoms with Gasteiger partial charge in [0.2, 0.25) is 5.88 Å². The van der Waals surface area contributed by atoms with E-state index in [2.05, 4.69) is 15.3 Å². The quantitative estimate of drug-likeness (QED) is 0.329. The number of fused-ring (bicyclic) bond motifs is 1. The van der Waals surface area contributed by atoms with Gasteiger partial charge < -0.3 is 14.8 Å². The molecule has 2 aromatic carbocycles. The normalized spacial score (nSPS) is 14.0. The maximum absolute atomic E-state index is 12.9. The standard InChI is InChI=1S/C27H25N3O4S/c1-16-8-11-19(28-26(32)25(33-2)18-6-4-3-5-7-18)14-22(16)34-23-13-12-20-27(30-23)35-24(29-20)15-21(31)17-9-10-17/h3-8,11-14,17,25H,9-10,15H2,1-2H3,(H,28,32)/t25-/m1/s1. The van der Waals surface area contributed by atoms with E-state index in [0.29, 0.717) is 23.7 Å². The summed E-state index contributed by atoms with van der Waals surface area (Å²) in [6, 6.07) is 18.4. The Morgan fingerprint density at radius 3 is 2.63 bits per heavy atom. The zero-order chi connectivity index (χ0) is 24.4. The number of pyridine rings is 1. The lowest BCUT2D eigenvalue weighted by atomic mass is 10.1. The van der Waals surface area contributed by atoms with Crippen molar-refractivity contribution in [1.82, 2.24) is 9.97 Å². The number of thiazole rings is 1. The van der Waals surface area contributed by atoms with Crippen LogP contribution in [0.3, 0.4) is 0 Å². The van der Waals surface area contributed by atoms with Crippen LogP contribution in [0.1, 0.15) is 35.1 Å². The fraction of sp³-hybridized carbons (Fsp3) is 0.259. The lowest BCUT2D eigenvalue weighted by molar-refractivity contribution is -0.126. The maximum Gasteiger partial charge on any atom is 0.258 e. The molecule has 1 aliphatic carbocycles. The third-order valence-corrected chi connectivity index (χ3v) is 6.84. The number of Topliss-reactive ketones (excluding diaryl/α,β-unsaturated/α-hetero) is 1. The highest BCUT2D eigenvalue weighted by Gasteiger charge is 2.30. The number of aromatic nitrogens is 2.